The normalized spacial score (nSPS) is 10.3. The molecule has 0 unspecified atom stereocenters. The summed E-state index contributed by atoms with van der Waals surface area (Å²) in [5.74, 6) is 0.259. The van der Waals surface area contributed by atoms with Crippen LogP contribution in [0.3, 0.4) is 0 Å². The number of carbonyl (C=O) groups excluding carboxylic acids is 1. The van der Waals surface area contributed by atoms with E-state index in [0.717, 1.165) is 26.1 Å². The van der Waals surface area contributed by atoms with Gasteiger partial charge in [0.1, 0.15) is 5.78 Å². The summed E-state index contributed by atoms with van der Waals surface area (Å²) in [5.41, 5.74) is 0. The van der Waals surface area contributed by atoms with Crippen molar-refractivity contribution in [3.05, 3.63) is 0 Å². The van der Waals surface area contributed by atoms with E-state index in [1.165, 1.54) is 19.3 Å². The molecule has 0 heterocycles. The summed E-state index contributed by atoms with van der Waals surface area (Å²) in [6.45, 7) is 5.43. The van der Waals surface area contributed by atoms with Crippen LogP contribution in [0.2, 0.25) is 0 Å². The van der Waals surface area contributed by atoms with Crippen molar-refractivity contribution in [2.24, 2.45) is 0 Å². The second-order valence-corrected chi connectivity index (χ2v) is 3.48. The highest BCUT2D eigenvalue weighted by Crippen LogP contribution is 1.99. The van der Waals surface area contributed by atoms with Gasteiger partial charge in [-0.25, -0.2) is 0 Å². The molecule has 0 amide bonds. The Morgan fingerprint density at radius 2 is 1.77 bits per heavy atom. The standard InChI is InChI=1S/C11H22O2/c1-3-4-5-6-9-13-10-7-8-11(2)12/h3-10H2,1-2H3. The molecular formula is C11H22O2. The van der Waals surface area contributed by atoms with Gasteiger partial charge in [-0.15, -0.1) is 0 Å². The molecule has 2 nitrogen and oxygen atoms in total. The molecule has 0 N–H and O–H groups in total. The van der Waals surface area contributed by atoms with Crippen molar-refractivity contribution in [2.45, 2.75) is 52.4 Å². The van der Waals surface area contributed by atoms with Crippen molar-refractivity contribution in [3.8, 4) is 0 Å². The molecule has 0 aliphatic rings. The van der Waals surface area contributed by atoms with Crippen LogP contribution in [0.25, 0.3) is 0 Å². The SMILES string of the molecule is CCCCCCOCCCC(C)=O. The first-order valence-corrected chi connectivity index (χ1v) is 5.34. The molecule has 2 heteroatoms. The molecule has 0 bridgehead atoms. The lowest BCUT2D eigenvalue weighted by Gasteiger charge is -2.02. The second kappa shape index (κ2) is 9.72. The molecule has 0 aromatic carbocycles. The first-order valence-electron chi connectivity index (χ1n) is 5.34. The van der Waals surface area contributed by atoms with E-state index in [0.29, 0.717) is 6.42 Å². The van der Waals surface area contributed by atoms with Gasteiger partial charge in [0.2, 0.25) is 0 Å². The van der Waals surface area contributed by atoms with Crippen molar-refractivity contribution < 1.29 is 9.53 Å². The molecule has 78 valence electrons. The highest BCUT2D eigenvalue weighted by Gasteiger charge is 1.93. The largest absolute Gasteiger partial charge is 0.381 e. The molecule has 0 aromatic heterocycles. The van der Waals surface area contributed by atoms with Crippen LogP contribution in [0.4, 0.5) is 0 Å². The fraction of sp³-hybridized carbons (Fsp3) is 0.909. The quantitative estimate of drug-likeness (QED) is 0.517. The predicted molar refractivity (Wildman–Crippen MR) is 54.9 cm³/mol. The summed E-state index contributed by atoms with van der Waals surface area (Å²) in [7, 11) is 0. The van der Waals surface area contributed by atoms with Gasteiger partial charge in [0, 0.05) is 19.6 Å². The molecule has 0 aliphatic carbocycles. The van der Waals surface area contributed by atoms with Crippen molar-refractivity contribution in [1.29, 1.82) is 0 Å². The zero-order valence-electron chi connectivity index (χ0n) is 8.97. The van der Waals surface area contributed by atoms with Crippen LogP contribution in [0.5, 0.6) is 0 Å². The number of ketones is 1. The first-order chi connectivity index (χ1) is 6.27. The fourth-order valence-corrected chi connectivity index (χ4v) is 1.16. The monoisotopic (exact) mass is 186 g/mol. The molecule has 0 spiro atoms. The van der Waals surface area contributed by atoms with Crippen LogP contribution >= 0.6 is 0 Å². The molecule has 0 fully saturated rings. The Bertz CT molecular complexity index is 121. The van der Waals surface area contributed by atoms with E-state index < -0.39 is 0 Å². The molecule has 0 atom stereocenters. The summed E-state index contributed by atoms with van der Waals surface area (Å²) >= 11 is 0. The van der Waals surface area contributed by atoms with Crippen molar-refractivity contribution >= 4 is 5.78 Å². The summed E-state index contributed by atoms with van der Waals surface area (Å²) in [5, 5.41) is 0. The number of hydrogen-bond acceptors (Lipinski definition) is 2. The maximum Gasteiger partial charge on any atom is 0.129 e. The van der Waals surface area contributed by atoms with Gasteiger partial charge < -0.3 is 9.53 Å². The molecule has 0 rings (SSSR count). The number of ether oxygens (including phenoxy) is 1. The molecule has 0 saturated heterocycles. The van der Waals surface area contributed by atoms with Gasteiger partial charge in [0.25, 0.3) is 0 Å². The Balaban J connectivity index is 2.87. The van der Waals surface area contributed by atoms with Gasteiger partial charge >= 0.3 is 0 Å². The Kier molecular flexibility index (Phi) is 9.44. The van der Waals surface area contributed by atoms with Gasteiger partial charge in [-0.2, -0.15) is 0 Å². The minimum absolute atomic E-state index is 0.259. The fourth-order valence-electron chi connectivity index (χ4n) is 1.16. The number of hydrogen-bond donors (Lipinski definition) is 0. The summed E-state index contributed by atoms with van der Waals surface area (Å²) < 4.78 is 5.38. The smallest absolute Gasteiger partial charge is 0.129 e. The maximum atomic E-state index is 10.6. The molecule has 0 saturated carbocycles. The van der Waals surface area contributed by atoms with Gasteiger partial charge in [-0.1, -0.05) is 26.2 Å². The van der Waals surface area contributed by atoms with Crippen LogP contribution in [0.15, 0.2) is 0 Å². The van der Waals surface area contributed by atoms with Crippen molar-refractivity contribution in [2.75, 3.05) is 13.2 Å². The third-order valence-corrected chi connectivity index (χ3v) is 1.96. The lowest BCUT2D eigenvalue weighted by Crippen LogP contribution is -1.99. The lowest BCUT2D eigenvalue weighted by molar-refractivity contribution is -0.117. The molecular weight excluding hydrogens is 164 g/mol. The number of unbranched alkanes of at least 4 members (excludes halogenated alkanes) is 3. The molecule has 0 aromatic rings. The van der Waals surface area contributed by atoms with Gasteiger partial charge in [0.15, 0.2) is 0 Å². The predicted octanol–water partition coefficient (Wildman–Crippen LogP) is 2.95. The summed E-state index contributed by atoms with van der Waals surface area (Å²) in [4.78, 5) is 10.6. The van der Waals surface area contributed by atoms with Crippen LogP contribution in [-0.4, -0.2) is 19.0 Å². The maximum absolute atomic E-state index is 10.6. The Labute approximate surface area is 81.7 Å². The third-order valence-electron chi connectivity index (χ3n) is 1.96. The van der Waals surface area contributed by atoms with Gasteiger partial charge in [-0.3, -0.25) is 0 Å². The van der Waals surface area contributed by atoms with Crippen LogP contribution in [-0.2, 0) is 9.53 Å². The average Bonchev–Trinajstić information content (AvgIpc) is 2.09. The summed E-state index contributed by atoms with van der Waals surface area (Å²) in [6, 6.07) is 0. The molecule has 13 heavy (non-hydrogen) atoms. The van der Waals surface area contributed by atoms with Gasteiger partial charge in [-0.05, 0) is 19.8 Å². The van der Waals surface area contributed by atoms with Crippen molar-refractivity contribution in [1.82, 2.24) is 0 Å². The number of rotatable bonds is 9. The topological polar surface area (TPSA) is 26.3 Å². The molecule has 0 aliphatic heterocycles. The second-order valence-electron chi connectivity index (χ2n) is 3.48. The highest BCUT2D eigenvalue weighted by atomic mass is 16.5. The summed E-state index contributed by atoms with van der Waals surface area (Å²) in [6.07, 6.45) is 6.54. The van der Waals surface area contributed by atoms with E-state index >= 15 is 0 Å². The van der Waals surface area contributed by atoms with Crippen molar-refractivity contribution in [3.63, 3.8) is 0 Å². The Morgan fingerprint density at radius 1 is 1.08 bits per heavy atom. The zero-order valence-corrected chi connectivity index (χ0v) is 8.97. The van der Waals surface area contributed by atoms with Crippen LogP contribution in [0.1, 0.15) is 52.4 Å². The average molecular weight is 186 g/mol. The van der Waals surface area contributed by atoms with E-state index in [1.54, 1.807) is 6.92 Å². The lowest BCUT2D eigenvalue weighted by atomic mass is 10.2. The number of carbonyl (C=O) groups is 1. The zero-order chi connectivity index (χ0) is 9.94. The number of Topliss-reactive ketones (excluding diaryl/α,β-unsaturated/α-hetero) is 1. The van der Waals surface area contributed by atoms with Crippen LogP contribution in [0, 0.1) is 0 Å². The van der Waals surface area contributed by atoms with E-state index in [1.807, 2.05) is 0 Å². The highest BCUT2D eigenvalue weighted by molar-refractivity contribution is 5.75. The van der Waals surface area contributed by atoms with E-state index in [4.69, 9.17) is 4.74 Å². The third kappa shape index (κ3) is 11.6. The minimum atomic E-state index is 0.259. The minimum Gasteiger partial charge on any atom is -0.381 e. The Hall–Kier alpha value is -0.370. The van der Waals surface area contributed by atoms with E-state index in [2.05, 4.69) is 6.92 Å². The van der Waals surface area contributed by atoms with E-state index in [-0.39, 0.29) is 5.78 Å². The van der Waals surface area contributed by atoms with Crippen LogP contribution < -0.4 is 0 Å². The first kappa shape index (κ1) is 12.6. The Morgan fingerprint density at radius 3 is 2.38 bits per heavy atom. The molecule has 0 radical (unpaired) electrons. The van der Waals surface area contributed by atoms with Gasteiger partial charge in [0.05, 0.1) is 0 Å². The van der Waals surface area contributed by atoms with E-state index in [9.17, 15) is 4.79 Å².